The van der Waals surface area contributed by atoms with Crippen LogP contribution in [0.4, 0.5) is 0 Å². The third-order valence-corrected chi connectivity index (χ3v) is 0.397. The van der Waals surface area contributed by atoms with Crippen LogP contribution >= 0.6 is 12.0 Å². The molecule has 0 aliphatic rings. The van der Waals surface area contributed by atoms with Gasteiger partial charge in [0.15, 0.2) is 0 Å². The Morgan fingerprint density at radius 2 is 2.50 bits per heavy atom. The first-order valence-electron chi connectivity index (χ1n) is 1.32. The Kier molecular flexibility index (Phi) is 5.43. The average molecular weight is 109 g/mol. The van der Waals surface area contributed by atoms with Crippen LogP contribution < -0.4 is 5.11 Å². The van der Waals surface area contributed by atoms with Gasteiger partial charge in [0.1, 0.15) is 0 Å². The molecule has 0 aromatic carbocycles. The van der Waals surface area contributed by atoms with Crippen molar-refractivity contribution in [3.63, 3.8) is 0 Å². The van der Waals surface area contributed by atoms with Crippen LogP contribution in [0.1, 0.15) is 0 Å². The van der Waals surface area contributed by atoms with E-state index in [0.29, 0.717) is 0 Å². The van der Waals surface area contributed by atoms with Crippen LogP contribution in [0, 0.1) is 0 Å². The van der Waals surface area contributed by atoms with Crippen LogP contribution in [0.3, 0.4) is 0 Å². The first-order valence-corrected chi connectivity index (χ1v) is 2.47. The summed E-state index contributed by atoms with van der Waals surface area (Å²) in [5.74, 6) is 0. The zero-order chi connectivity index (χ0) is 4.83. The first kappa shape index (κ1) is 6.23. The molecular weight excluding hydrogens is 104 g/mol. The van der Waals surface area contributed by atoms with Gasteiger partial charge in [0.2, 0.25) is 0 Å². The Bertz CT molecular complexity index is 20.8. The highest BCUT2D eigenvalue weighted by molar-refractivity contribution is 7.93. The number of rotatable bonds is 3. The van der Waals surface area contributed by atoms with Crippen LogP contribution in [-0.4, -0.2) is 13.0 Å². The molecule has 0 bridgehead atoms. The van der Waals surface area contributed by atoms with Gasteiger partial charge >= 0.3 is 0 Å². The number of hydrogen-bond acceptors (Lipinski definition) is 4. The fourth-order valence-electron chi connectivity index (χ4n) is 0.0678. The Morgan fingerprint density at radius 1 is 1.83 bits per heavy atom. The molecule has 4 heteroatoms. The van der Waals surface area contributed by atoms with Crippen molar-refractivity contribution >= 4 is 12.0 Å². The maximum Gasteiger partial charge on any atom is 0.0279 e. The third-order valence-electron chi connectivity index (χ3n) is 0.164. The average Bonchev–Trinajstić information content (AvgIpc) is 1.61. The van der Waals surface area contributed by atoms with Gasteiger partial charge in [-0.1, -0.05) is 0 Å². The minimum absolute atomic E-state index is 0.638. The second-order valence-electron chi connectivity index (χ2n) is 0.470. The Hall–Kier alpha value is 0.230. The monoisotopic (exact) mass is 109 g/mol. The maximum absolute atomic E-state index is 9.33. The van der Waals surface area contributed by atoms with Crippen molar-refractivity contribution in [3.8, 4) is 0 Å². The molecule has 0 heterocycles. The summed E-state index contributed by atoms with van der Waals surface area (Å²) in [6.07, 6.45) is 1.66. The molecule has 0 saturated carbocycles. The molecule has 6 heavy (non-hydrogen) atoms. The molecule has 0 aliphatic heterocycles. The van der Waals surface area contributed by atoms with E-state index >= 15 is 0 Å². The largest absolute Gasteiger partial charge is 0.831 e. The van der Waals surface area contributed by atoms with Crippen LogP contribution in [-0.2, 0) is 9.22 Å². The summed E-state index contributed by atoms with van der Waals surface area (Å²) in [6, 6.07) is 0. The topological polar surface area (TPSA) is 41.5 Å². The maximum atomic E-state index is 9.33. The lowest BCUT2D eigenvalue weighted by atomic mass is 11.5. The predicted molar refractivity (Wildman–Crippen MR) is 20.6 cm³/mol. The molecule has 0 atom stereocenters. The van der Waals surface area contributed by atoms with E-state index in [-0.39, 0.29) is 0 Å². The van der Waals surface area contributed by atoms with Crippen molar-refractivity contribution in [2.24, 2.45) is 0 Å². The number of hydrogen-bond donors (Lipinski definition) is 0. The van der Waals surface area contributed by atoms with Crippen molar-refractivity contribution in [1.82, 2.24) is 0 Å². The van der Waals surface area contributed by atoms with Gasteiger partial charge in [0.05, 0.1) is 0 Å². The molecule has 0 aliphatic carbocycles. The molecule has 0 rings (SSSR count). The summed E-state index contributed by atoms with van der Waals surface area (Å²) in [5.41, 5.74) is 0. The van der Waals surface area contributed by atoms with E-state index in [1.165, 1.54) is 0 Å². The lowest BCUT2D eigenvalue weighted by molar-refractivity contribution is -0.480. The fraction of sp³-hybridized carbons (Fsp3) is 1.00. The molecule has 0 saturated heterocycles. The highest BCUT2D eigenvalue weighted by Crippen LogP contribution is 1.91. The van der Waals surface area contributed by atoms with E-state index in [2.05, 4.69) is 9.22 Å². The lowest BCUT2D eigenvalue weighted by Gasteiger charge is -1.99. The van der Waals surface area contributed by atoms with E-state index < -0.39 is 6.79 Å². The molecule has 0 aromatic heterocycles. The van der Waals surface area contributed by atoms with Gasteiger partial charge in [-0.05, 0) is 0 Å². The molecular formula is C2H5O3S-. The van der Waals surface area contributed by atoms with Crippen LogP contribution in [0.5, 0.6) is 0 Å². The van der Waals surface area contributed by atoms with Gasteiger partial charge in [-0.3, -0.25) is 0 Å². The van der Waals surface area contributed by atoms with Crippen LogP contribution in [0.25, 0.3) is 0 Å². The van der Waals surface area contributed by atoms with Gasteiger partial charge < -0.3 is 5.11 Å². The lowest BCUT2D eigenvalue weighted by Crippen LogP contribution is -2.07. The van der Waals surface area contributed by atoms with E-state index in [1.54, 1.807) is 6.26 Å². The minimum Gasteiger partial charge on any atom is -0.831 e. The van der Waals surface area contributed by atoms with E-state index in [1.807, 2.05) is 0 Å². The van der Waals surface area contributed by atoms with E-state index in [0.717, 1.165) is 12.0 Å². The molecule has 0 aromatic rings. The minimum atomic E-state index is -0.638. The molecule has 0 spiro atoms. The molecule has 38 valence electrons. The van der Waals surface area contributed by atoms with Gasteiger partial charge in [0, 0.05) is 25.1 Å². The summed E-state index contributed by atoms with van der Waals surface area (Å²) in [5, 5.41) is 9.33. The highest BCUT2D eigenvalue weighted by atomic mass is 32.2. The zero-order valence-electron chi connectivity index (χ0n) is 3.34. The summed E-state index contributed by atoms with van der Waals surface area (Å²) >= 11 is 1.00. The quantitative estimate of drug-likeness (QED) is 0.161. The smallest absolute Gasteiger partial charge is 0.0279 e. The first-order chi connectivity index (χ1) is 2.91. The van der Waals surface area contributed by atoms with Gasteiger partial charge in [0.25, 0.3) is 0 Å². The van der Waals surface area contributed by atoms with Crippen molar-refractivity contribution in [2.75, 3.05) is 13.0 Å². The van der Waals surface area contributed by atoms with Gasteiger partial charge in [-0.2, -0.15) is 4.33 Å². The molecule has 0 fully saturated rings. The van der Waals surface area contributed by atoms with Crippen molar-refractivity contribution in [1.29, 1.82) is 0 Å². The van der Waals surface area contributed by atoms with Gasteiger partial charge in [-0.25, -0.2) is 4.89 Å². The van der Waals surface area contributed by atoms with Crippen molar-refractivity contribution in [3.05, 3.63) is 0 Å². The van der Waals surface area contributed by atoms with Crippen LogP contribution in [0.15, 0.2) is 0 Å². The van der Waals surface area contributed by atoms with Crippen molar-refractivity contribution in [2.45, 2.75) is 0 Å². The third kappa shape index (κ3) is 4.23. The normalized spacial score (nSPS) is 9.00. The second-order valence-corrected chi connectivity index (χ2v) is 0.940. The molecule has 0 radical (unpaired) electrons. The standard InChI is InChI=1S/C2H5O3S/c1-6-5-4-2-3/h2H2,1H3/q-1. The molecule has 0 amide bonds. The molecule has 3 nitrogen and oxygen atoms in total. The van der Waals surface area contributed by atoms with E-state index in [4.69, 9.17) is 0 Å². The Morgan fingerprint density at radius 3 is 2.67 bits per heavy atom. The van der Waals surface area contributed by atoms with Crippen molar-refractivity contribution < 1.29 is 14.3 Å². The Balaban J connectivity index is 2.34. The molecule has 0 N–H and O–H groups in total. The molecule has 0 unspecified atom stereocenters. The summed E-state index contributed by atoms with van der Waals surface area (Å²) in [7, 11) is 0. The summed E-state index contributed by atoms with van der Waals surface area (Å²) in [4.78, 5) is 3.89. The Labute approximate surface area is 40.4 Å². The zero-order valence-corrected chi connectivity index (χ0v) is 4.16. The summed E-state index contributed by atoms with van der Waals surface area (Å²) < 4.78 is 4.09. The fourth-order valence-corrected chi connectivity index (χ4v) is 0.203. The SMILES string of the molecule is CSOOC[O-]. The van der Waals surface area contributed by atoms with E-state index in [9.17, 15) is 5.11 Å². The van der Waals surface area contributed by atoms with Gasteiger partial charge in [-0.15, -0.1) is 0 Å². The van der Waals surface area contributed by atoms with Crippen LogP contribution in [0.2, 0.25) is 0 Å². The predicted octanol–water partition coefficient (Wildman–Crippen LogP) is -0.470. The second kappa shape index (κ2) is 5.23. The summed E-state index contributed by atoms with van der Waals surface area (Å²) in [6.45, 7) is -0.638. The highest BCUT2D eigenvalue weighted by Gasteiger charge is 1.68.